The van der Waals surface area contributed by atoms with Gasteiger partial charge in [0.1, 0.15) is 0 Å². The topological polar surface area (TPSA) is 75.4 Å². The minimum absolute atomic E-state index is 0.0577. The molecule has 0 saturated carbocycles. The Kier molecular flexibility index (Phi) is 5.96. The lowest BCUT2D eigenvalue weighted by atomic mass is 10.1. The van der Waals surface area contributed by atoms with Crippen molar-refractivity contribution in [2.24, 2.45) is 5.73 Å². The van der Waals surface area contributed by atoms with Crippen molar-refractivity contribution in [3.05, 3.63) is 59.7 Å². The van der Waals surface area contributed by atoms with Gasteiger partial charge in [0.2, 0.25) is 5.91 Å². The molecule has 1 aliphatic rings. The number of nitrogens with zero attached hydrogens (tertiary/aromatic N) is 1. The van der Waals surface area contributed by atoms with Crippen LogP contribution in [-0.4, -0.2) is 36.4 Å². The normalized spacial score (nSPS) is 14.0. The summed E-state index contributed by atoms with van der Waals surface area (Å²) in [5.41, 5.74) is 9.19. The Morgan fingerprint density at radius 3 is 2.85 bits per heavy atom. The van der Waals surface area contributed by atoms with Crippen LogP contribution < -0.4 is 16.0 Å². The fourth-order valence-corrected chi connectivity index (χ4v) is 3.54. The lowest BCUT2D eigenvalue weighted by Gasteiger charge is -2.18. The van der Waals surface area contributed by atoms with Crippen molar-refractivity contribution < 1.29 is 9.59 Å². The summed E-state index contributed by atoms with van der Waals surface area (Å²) in [6.07, 6.45) is 3.47. The van der Waals surface area contributed by atoms with Crippen LogP contribution in [0.25, 0.3) is 0 Å². The third-order valence-corrected chi connectivity index (χ3v) is 5.12. The first-order valence-corrected chi connectivity index (χ1v) is 10.0. The van der Waals surface area contributed by atoms with Crippen molar-refractivity contribution in [1.29, 1.82) is 0 Å². The van der Waals surface area contributed by atoms with Crippen LogP contribution in [0.1, 0.15) is 22.3 Å². The molecule has 0 fully saturated rings. The van der Waals surface area contributed by atoms with Crippen molar-refractivity contribution >= 4 is 35.0 Å². The first-order valence-electron chi connectivity index (χ1n) is 8.65. The zero-order valence-corrected chi connectivity index (χ0v) is 15.6. The summed E-state index contributed by atoms with van der Waals surface area (Å²) in [4.78, 5) is 26.9. The lowest BCUT2D eigenvalue weighted by molar-refractivity contribution is -0.117. The summed E-state index contributed by atoms with van der Waals surface area (Å²) in [6, 6.07) is 14.4. The number of nitrogens with one attached hydrogen (secondary N) is 1. The molecule has 2 aromatic rings. The van der Waals surface area contributed by atoms with Crippen molar-refractivity contribution in [2.45, 2.75) is 18.9 Å². The van der Waals surface area contributed by atoms with Crippen LogP contribution in [0.4, 0.5) is 11.4 Å². The maximum atomic E-state index is 12.9. The second-order valence-corrected chi connectivity index (χ2v) is 7.28. The average Bonchev–Trinajstić information content (AvgIpc) is 3.09. The van der Waals surface area contributed by atoms with E-state index in [1.165, 1.54) is 5.56 Å². The predicted octanol–water partition coefficient (Wildman–Crippen LogP) is 2.91. The lowest BCUT2D eigenvalue weighted by Crippen LogP contribution is -2.36. The SMILES string of the molecule is CSCC[C@H](N)C(=O)Nc1cccc(C(=O)N2CCc3ccccc32)c1. The molecule has 136 valence electrons. The Bertz CT molecular complexity index is 809. The van der Waals surface area contributed by atoms with Gasteiger partial charge in [0.15, 0.2) is 0 Å². The van der Waals surface area contributed by atoms with Gasteiger partial charge < -0.3 is 16.0 Å². The van der Waals surface area contributed by atoms with E-state index in [1.807, 2.05) is 24.5 Å². The van der Waals surface area contributed by atoms with E-state index in [2.05, 4.69) is 11.4 Å². The molecule has 2 aromatic carbocycles. The number of carbonyl (C=O) groups excluding carboxylic acids is 2. The molecule has 1 heterocycles. The highest BCUT2D eigenvalue weighted by molar-refractivity contribution is 7.98. The van der Waals surface area contributed by atoms with Crippen molar-refractivity contribution in [3.63, 3.8) is 0 Å². The Labute approximate surface area is 157 Å². The number of anilines is 2. The predicted molar refractivity (Wildman–Crippen MR) is 108 cm³/mol. The van der Waals surface area contributed by atoms with E-state index in [4.69, 9.17) is 5.73 Å². The van der Waals surface area contributed by atoms with Crippen LogP contribution in [0.2, 0.25) is 0 Å². The number of thioether (sulfide) groups is 1. The highest BCUT2D eigenvalue weighted by atomic mass is 32.2. The molecule has 5 nitrogen and oxygen atoms in total. The second kappa shape index (κ2) is 8.38. The Morgan fingerprint density at radius 2 is 2.04 bits per heavy atom. The molecule has 2 amide bonds. The molecule has 0 radical (unpaired) electrons. The summed E-state index contributed by atoms with van der Waals surface area (Å²) < 4.78 is 0. The number of para-hydroxylation sites is 1. The molecule has 0 bridgehead atoms. The number of hydrogen-bond donors (Lipinski definition) is 2. The van der Waals surface area contributed by atoms with E-state index in [1.54, 1.807) is 40.9 Å². The highest BCUT2D eigenvalue weighted by Gasteiger charge is 2.25. The maximum absolute atomic E-state index is 12.9. The minimum atomic E-state index is -0.549. The summed E-state index contributed by atoms with van der Waals surface area (Å²) in [5.74, 6) is 0.550. The number of nitrogens with two attached hydrogens (primary N) is 1. The first kappa shape index (κ1) is 18.5. The number of benzene rings is 2. The Morgan fingerprint density at radius 1 is 1.23 bits per heavy atom. The van der Waals surface area contributed by atoms with E-state index < -0.39 is 6.04 Å². The third-order valence-electron chi connectivity index (χ3n) is 4.48. The monoisotopic (exact) mass is 369 g/mol. The molecule has 6 heteroatoms. The molecule has 1 atom stereocenters. The Balaban J connectivity index is 1.71. The fraction of sp³-hybridized carbons (Fsp3) is 0.300. The number of fused-ring (bicyclic) bond motifs is 1. The van der Waals surface area contributed by atoms with Gasteiger partial charge in [0.05, 0.1) is 6.04 Å². The molecule has 0 spiro atoms. The molecule has 0 unspecified atom stereocenters. The van der Waals surface area contributed by atoms with Gasteiger partial charge in [-0.2, -0.15) is 11.8 Å². The van der Waals surface area contributed by atoms with Crippen LogP contribution in [0.15, 0.2) is 48.5 Å². The standard InChI is InChI=1S/C20H23N3O2S/c1-26-12-10-17(21)19(24)22-16-7-4-6-15(13-16)20(25)23-11-9-14-5-2-3-8-18(14)23/h2-8,13,17H,9-12,21H2,1H3,(H,22,24)/t17-/m0/s1. The summed E-state index contributed by atoms with van der Waals surface area (Å²) >= 11 is 1.66. The number of hydrogen-bond acceptors (Lipinski definition) is 4. The second-order valence-electron chi connectivity index (χ2n) is 6.29. The van der Waals surface area contributed by atoms with Crippen LogP contribution in [-0.2, 0) is 11.2 Å². The molecule has 0 saturated heterocycles. The van der Waals surface area contributed by atoms with Crippen molar-refractivity contribution in [2.75, 3.05) is 28.8 Å². The number of rotatable bonds is 6. The summed E-state index contributed by atoms with van der Waals surface area (Å²) in [6.45, 7) is 0.675. The quantitative estimate of drug-likeness (QED) is 0.821. The molecule has 1 aliphatic heterocycles. The third kappa shape index (κ3) is 4.08. The molecule has 0 aliphatic carbocycles. The molecule has 3 N–H and O–H groups in total. The minimum Gasteiger partial charge on any atom is -0.325 e. The van der Waals surface area contributed by atoms with Crippen LogP contribution in [0.5, 0.6) is 0 Å². The van der Waals surface area contributed by atoms with E-state index in [9.17, 15) is 9.59 Å². The van der Waals surface area contributed by atoms with Gasteiger partial charge in [-0.3, -0.25) is 9.59 Å². The van der Waals surface area contributed by atoms with Gasteiger partial charge in [-0.25, -0.2) is 0 Å². The highest BCUT2D eigenvalue weighted by Crippen LogP contribution is 2.29. The smallest absolute Gasteiger partial charge is 0.258 e. The molecule has 0 aromatic heterocycles. The van der Waals surface area contributed by atoms with Gasteiger partial charge in [-0.1, -0.05) is 24.3 Å². The van der Waals surface area contributed by atoms with E-state index >= 15 is 0 Å². The molecular formula is C20H23N3O2S. The van der Waals surface area contributed by atoms with E-state index in [0.29, 0.717) is 24.2 Å². The van der Waals surface area contributed by atoms with Gasteiger partial charge in [-0.15, -0.1) is 0 Å². The van der Waals surface area contributed by atoms with Gasteiger partial charge in [0, 0.05) is 23.5 Å². The summed E-state index contributed by atoms with van der Waals surface area (Å²) in [5, 5.41) is 2.81. The van der Waals surface area contributed by atoms with Crippen molar-refractivity contribution in [3.8, 4) is 0 Å². The fourth-order valence-electron chi connectivity index (χ4n) is 3.05. The zero-order chi connectivity index (χ0) is 18.5. The first-order chi connectivity index (χ1) is 12.6. The number of amides is 2. The largest absolute Gasteiger partial charge is 0.325 e. The molecule has 26 heavy (non-hydrogen) atoms. The molecule has 3 rings (SSSR count). The average molecular weight is 369 g/mol. The van der Waals surface area contributed by atoms with Gasteiger partial charge in [0.25, 0.3) is 5.91 Å². The van der Waals surface area contributed by atoms with E-state index in [0.717, 1.165) is 17.9 Å². The van der Waals surface area contributed by atoms with Crippen LogP contribution in [0, 0.1) is 0 Å². The van der Waals surface area contributed by atoms with Gasteiger partial charge >= 0.3 is 0 Å². The maximum Gasteiger partial charge on any atom is 0.258 e. The van der Waals surface area contributed by atoms with Crippen LogP contribution in [0.3, 0.4) is 0 Å². The van der Waals surface area contributed by atoms with Crippen LogP contribution >= 0.6 is 11.8 Å². The zero-order valence-electron chi connectivity index (χ0n) is 14.8. The Hall–Kier alpha value is -2.31. The van der Waals surface area contributed by atoms with E-state index in [-0.39, 0.29) is 11.8 Å². The molecular weight excluding hydrogens is 346 g/mol. The van der Waals surface area contributed by atoms with Crippen molar-refractivity contribution in [1.82, 2.24) is 0 Å². The summed E-state index contributed by atoms with van der Waals surface area (Å²) in [7, 11) is 0. The number of carbonyl (C=O) groups is 2. The van der Waals surface area contributed by atoms with Gasteiger partial charge in [-0.05, 0) is 54.7 Å².